The van der Waals surface area contributed by atoms with E-state index in [1.165, 1.54) is 19.3 Å². The number of rotatable bonds is 4. The highest BCUT2D eigenvalue weighted by molar-refractivity contribution is 5.97. The maximum absolute atomic E-state index is 12.1. The summed E-state index contributed by atoms with van der Waals surface area (Å²) in [7, 11) is 0. The van der Waals surface area contributed by atoms with Gasteiger partial charge < -0.3 is 16.0 Å². The predicted molar refractivity (Wildman–Crippen MR) is 79.7 cm³/mol. The monoisotopic (exact) mass is 274 g/mol. The fraction of sp³-hybridized carbons (Fsp3) is 0.600. The normalized spacial score (nSPS) is 20.6. The van der Waals surface area contributed by atoms with E-state index in [1.54, 1.807) is 6.20 Å². The lowest BCUT2D eigenvalue weighted by molar-refractivity contribution is -0.120. The SMILES string of the molecule is NCC1(C(=O)Nc2ccc(N3CCCCC3)nc2)CC1. The largest absolute Gasteiger partial charge is 0.357 e. The molecule has 2 fully saturated rings. The molecule has 3 N–H and O–H groups in total. The Balaban J connectivity index is 1.62. The second kappa shape index (κ2) is 5.40. The molecule has 0 spiro atoms. The molecule has 1 aromatic heterocycles. The molecule has 1 aliphatic carbocycles. The lowest BCUT2D eigenvalue weighted by Gasteiger charge is -2.27. The molecule has 5 heteroatoms. The summed E-state index contributed by atoms with van der Waals surface area (Å²) in [6.45, 7) is 2.59. The molecular formula is C15H22N4O. The summed E-state index contributed by atoms with van der Waals surface area (Å²) in [5.41, 5.74) is 6.11. The number of carbonyl (C=O) groups excluding carboxylic acids is 1. The number of hydrogen-bond acceptors (Lipinski definition) is 4. The van der Waals surface area contributed by atoms with Gasteiger partial charge in [0.1, 0.15) is 5.82 Å². The van der Waals surface area contributed by atoms with Crippen LogP contribution in [0.25, 0.3) is 0 Å². The van der Waals surface area contributed by atoms with Crippen molar-refractivity contribution in [3.63, 3.8) is 0 Å². The number of nitrogens with zero attached hydrogens (tertiary/aromatic N) is 2. The van der Waals surface area contributed by atoms with Gasteiger partial charge in [-0.1, -0.05) is 0 Å². The molecule has 2 heterocycles. The van der Waals surface area contributed by atoms with Gasteiger partial charge in [0.05, 0.1) is 17.3 Å². The molecule has 0 unspecified atom stereocenters. The van der Waals surface area contributed by atoms with E-state index in [0.29, 0.717) is 6.54 Å². The van der Waals surface area contributed by atoms with E-state index in [1.807, 2.05) is 12.1 Å². The Hall–Kier alpha value is -1.62. The molecular weight excluding hydrogens is 252 g/mol. The molecule has 2 aliphatic rings. The number of carbonyl (C=O) groups is 1. The quantitative estimate of drug-likeness (QED) is 0.877. The molecule has 108 valence electrons. The van der Waals surface area contributed by atoms with Crippen molar-refractivity contribution in [1.82, 2.24) is 4.98 Å². The Bertz CT molecular complexity index is 475. The molecule has 5 nitrogen and oxygen atoms in total. The maximum atomic E-state index is 12.1. The number of nitrogens with two attached hydrogens (primary N) is 1. The van der Waals surface area contributed by atoms with Crippen LogP contribution in [0.5, 0.6) is 0 Å². The van der Waals surface area contributed by atoms with E-state index in [4.69, 9.17) is 5.73 Å². The van der Waals surface area contributed by atoms with Crippen LogP contribution in [0.3, 0.4) is 0 Å². The highest BCUT2D eigenvalue weighted by atomic mass is 16.2. The fourth-order valence-corrected chi connectivity index (χ4v) is 2.71. The average Bonchev–Trinajstić information content (AvgIpc) is 3.30. The Morgan fingerprint density at radius 2 is 2.05 bits per heavy atom. The molecule has 0 aromatic carbocycles. The summed E-state index contributed by atoms with van der Waals surface area (Å²) in [6, 6.07) is 3.92. The van der Waals surface area contributed by atoms with Crippen molar-refractivity contribution < 1.29 is 4.79 Å². The van der Waals surface area contributed by atoms with Gasteiger partial charge in [0, 0.05) is 19.6 Å². The van der Waals surface area contributed by atoms with Gasteiger partial charge in [0.2, 0.25) is 5.91 Å². The molecule has 1 aromatic rings. The van der Waals surface area contributed by atoms with Crippen LogP contribution in [-0.4, -0.2) is 30.5 Å². The summed E-state index contributed by atoms with van der Waals surface area (Å²) in [5, 5.41) is 2.93. The Labute approximate surface area is 119 Å². The molecule has 3 rings (SSSR count). The molecule has 0 radical (unpaired) electrons. The second-order valence-electron chi connectivity index (χ2n) is 5.89. The van der Waals surface area contributed by atoms with Crippen LogP contribution >= 0.6 is 0 Å². The van der Waals surface area contributed by atoms with Crippen LogP contribution in [0.4, 0.5) is 11.5 Å². The number of nitrogens with one attached hydrogen (secondary N) is 1. The number of pyridine rings is 1. The van der Waals surface area contributed by atoms with Crippen molar-refractivity contribution in [2.45, 2.75) is 32.1 Å². The van der Waals surface area contributed by atoms with E-state index < -0.39 is 0 Å². The number of piperidine rings is 1. The van der Waals surface area contributed by atoms with Gasteiger partial charge in [0.25, 0.3) is 0 Å². The highest BCUT2D eigenvalue weighted by Crippen LogP contribution is 2.45. The van der Waals surface area contributed by atoms with Crippen LogP contribution in [-0.2, 0) is 4.79 Å². The summed E-state index contributed by atoms with van der Waals surface area (Å²) < 4.78 is 0. The third kappa shape index (κ3) is 2.63. The molecule has 1 saturated carbocycles. The van der Waals surface area contributed by atoms with Gasteiger partial charge in [-0.3, -0.25) is 4.79 Å². The first-order chi connectivity index (χ1) is 9.73. The van der Waals surface area contributed by atoms with Crippen LogP contribution in [0.2, 0.25) is 0 Å². The van der Waals surface area contributed by atoms with Gasteiger partial charge >= 0.3 is 0 Å². The second-order valence-corrected chi connectivity index (χ2v) is 5.89. The van der Waals surface area contributed by atoms with Crippen LogP contribution in [0, 0.1) is 5.41 Å². The number of hydrogen-bond donors (Lipinski definition) is 2. The van der Waals surface area contributed by atoms with Crippen molar-refractivity contribution in [1.29, 1.82) is 0 Å². The fourth-order valence-electron chi connectivity index (χ4n) is 2.71. The van der Waals surface area contributed by atoms with E-state index in [0.717, 1.165) is 37.4 Å². The minimum atomic E-state index is -0.314. The number of amides is 1. The smallest absolute Gasteiger partial charge is 0.231 e. The number of anilines is 2. The van der Waals surface area contributed by atoms with Gasteiger partial charge in [-0.25, -0.2) is 4.98 Å². The topological polar surface area (TPSA) is 71.2 Å². The van der Waals surface area contributed by atoms with Crippen molar-refractivity contribution >= 4 is 17.4 Å². The Morgan fingerprint density at radius 1 is 1.30 bits per heavy atom. The summed E-state index contributed by atoms with van der Waals surface area (Å²) in [5.74, 6) is 1.04. The molecule has 0 atom stereocenters. The zero-order valence-corrected chi connectivity index (χ0v) is 11.8. The third-order valence-corrected chi connectivity index (χ3v) is 4.41. The summed E-state index contributed by atoms with van der Waals surface area (Å²) >= 11 is 0. The first kappa shape index (κ1) is 13.4. The lowest BCUT2D eigenvalue weighted by Crippen LogP contribution is -2.31. The first-order valence-electron chi connectivity index (χ1n) is 7.46. The van der Waals surface area contributed by atoms with Crippen LogP contribution < -0.4 is 16.0 Å². The van der Waals surface area contributed by atoms with E-state index >= 15 is 0 Å². The Kier molecular flexibility index (Phi) is 3.61. The highest BCUT2D eigenvalue weighted by Gasteiger charge is 2.48. The third-order valence-electron chi connectivity index (χ3n) is 4.41. The summed E-state index contributed by atoms with van der Waals surface area (Å²) in [4.78, 5) is 18.9. The summed E-state index contributed by atoms with van der Waals surface area (Å²) in [6.07, 6.45) is 7.32. The van der Waals surface area contributed by atoms with Crippen molar-refractivity contribution in [3.05, 3.63) is 18.3 Å². The first-order valence-corrected chi connectivity index (χ1v) is 7.46. The molecule has 20 heavy (non-hydrogen) atoms. The van der Waals surface area contributed by atoms with E-state index in [9.17, 15) is 4.79 Å². The standard InChI is InChI=1S/C15H22N4O/c16-11-15(6-7-15)14(20)18-12-4-5-13(17-10-12)19-8-2-1-3-9-19/h4-5,10H,1-3,6-9,11,16H2,(H,18,20). The van der Waals surface area contributed by atoms with Gasteiger partial charge in [0.15, 0.2) is 0 Å². The zero-order chi connectivity index (χ0) is 14.0. The Morgan fingerprint density at radius 3 is 2.60 bits per heavy atom. The minimum Gasteiger partial charge on any atom is -0.357 e. The van der Waals surface area contributed by atoms with Crippen molar-refractivity contribution in [3.8, 4) is 0 Å². The molecule has 1 aliphatic heterocycles. The molecule has 0 bridgehead atoms. The van der Waals surface area contributed by atoms with Gasteiger partial charge in [-0.2, -0.15) is 0 Å². The molecule has 1 amide bonds. The van der Waals surface area contributed by atoms with Crippen LogP contribution in [0.1, 0.15) is 32.1 Å². The average molecular weight is 274 g/mol. The minimum absolute atomic E-state index is 0.0347. The van der Waals surface area contributed by atoms with E-state index in [2.05, 4.69) is 15.2 Å². The number of aromatic nitrogens is 1. The van der Waals surface area contributed by atoms with Crippen LogP contribution in [0.15, 0.2) is 18.3 Å². The predicted octanol–water partition coefficient (Wildman–Crippen LogP) is 1.75. The van der Waals surface area contributed by atoms with Gasteiger partial charge in [-0.05, 0) is 44.2 Å². The van der Waals surface area contributed by atoms with Crippen molar-refractivity contribution in [2.24, 2.45) is 11.1 Å². The zero-order valence-electron chi connectivity index (χ0n) is 11.8. The lowest BCUT2D eigenvalue weighted by atomic mass is 10.1. The maximum Gasteiger partial charge on any atom is 0.231 e. The molecule has 1 saturated heterocycles. The van der Waals surface area contributed by atoms with E-state index in [-0.39, 0.29) is 11.3 Å². The van der Waals surface area contributed by atoms with Gasteiger partial charge in [-0.15, -0.1) is 0 Å². The van der Waals surface area contributed by atoms with Crippen molar-refractivity contribution in [2.75, 3.05) is 29.9 Å².